The van der Waals surface area contributed by atoms with Crippen molar-refractivity contribution in [2.45, 2.75) is 51.6 Å². The van der Waals surface area contributed by atoms with E-state index in [9.17, 15) is 39.6 Å². The molecule has 20 nitrogen and oxygen atoms in total. The highest BCUT2D eigenvalue weighted by Crippen LogP contribution is 2.31. The predicted molar refractivity (Wildman–Crippen MR) is 253 cm³/mol. The van der Waals surface area contributed by atoms with Gasteiger partial charge >= 0.3 is 19.1 Å². The Hall–Kier alpha value is -6.98. The lowest BCUT2D eigenvalue weighted by atomic mass is 9.80. The molecule has 0 radical (unpaired) electrons. The van der Waals surface area contributed by atoms with Crippen molar-refractivity contribution in [3.63, 3.8) is 0 Å². The van der Waals surface area contributed by atoms with Crippen molar-refractivity contribution in [3.8, 4) is 22.6 Å². The summed E-state index contributed by atoms with van der Waals surface area (Å²) in [5, 5.41) is 80.8. The number of hydrogen-bond donors (Lipinski definition) is 10. The number of nitrogens with zero attached hydrogens (tertiary/aromatic N) is 4. The zero-order valence-electron chi connectivity index (χ0n) is 37.7. The Morgan fingerprint density at radius 2 is 1.09 bits per heavy atom. The topological polar surface area (TPSA) is 315 Å². The zero-order valence-corrected chi connectivity index (χ0v) is 39.3. The highest BCUT2D eigenvalue weighted by atomic mass is 79.9. The zero-order chi connectivity index (χ0) is 49.9. The standard InChI is InChI=1S/C23H26N4O5.C16H19BrN4O4.C7H9BO3/c1-23(14-28,22(30)31)12-17(25-21(29)19-13-24-27-26-19)11-15-7-9-16(10-8-15)18-5-3-4-6-20(18)32-2;1-16(9-22,15(24)25)7-12(6-10-2-4-11(17)5-3-10)19-14(23)13-8-18-21-20-13;1-11-7-5-3-2-4-6(7)8(9)10/h3-10,13,17,28H,11-12,14H2,1-2H3,(H,25,29)(H,30,31)(H,24,26,27);2-5,8,12,22H,6-7,9H2,1H3,(H,19,23)(H,24,25)(H,18,20,21);2-5,9-10H,1H3/t17-,23+;12-,16+;/m11./s1. The number of H-pyrrole nitrogens is 2. The van der Waals surface area contributed by atoms with Gasteiger partial charge in [-0.05, 0) is 80.5 Å². The van der Waals surface area contributed by atoms with Gasteiger partial charge in [0.25, 0.3) is 11.8 Å². The first-order chi connectivity index (χ1) is 32.4. The molecule has 2 aromatic heterocycles. The summed E-state index contributed by atoms with van der Waals surface area (Å²) < 4.78 is 11.2. The molecule has 2 amide bonds. The van der Waals surface area contributed by atoms with Crippen molar-refractivity contribution in [1.82, 2.24) is 41.5 Å². The summed E-state index contributed by atoms with van der Waals surface area (Å²) in [4.78, 5) is 48.0. The van der Waals surface area contributed by atoms with Crippen LogP contribution in [0.2, 0.25) is 0 Å². The first-order valence-corrected chi connectivity index (χ1v) is 21.7. The summed E-state index contributed by atoms with van der Waals surface area (Å²) in [6.45, 7) is 1.83. The van der Waals surface area contributed by atoms with Crippen LogP contribution in [0.5, 0.6) is 11.5 Å². The molecule has 0 aliphatic rings. The van der Waals surface area contributed by atoms with Crippen LogP contribution < -0.4 is 25.6 Å². The molecule has 0 saturated heterocycles. The van der Waals surface area contributed by atoms with Crippen LogP contribution >= 0.6 is 15.9 Å². The molecule has 0 bridgehead atoms. The smallest absolute Gasteiger partial charge is 0.492 e. The van der Waals surface area contributed by atoms with E-state index in [0.29, 0.717) is 24.1 Å². The predicted octanol–water partition coefficient (Wildman–Crippen LogP) is 3.05. The second kappa shape index (κ2) is 25.8. The number of amides is 2. The fourth-order valence-corrected chi connectivity index (χ4v) is 7.05. The number of carbonyl (C=O) groups excluding carboxylic acids is 2. The van der Waals surface area contributed by atoms with Gasteiger partial charge in [0, 0.05) is 27.6 Å². The minimum Gasteiger partial charge on any atom is -0.497 e. The van der Waals surface area contributed by atoms with E-state index in [2.05, 4.69) is 57.4 Å². The molecule has 0 unspecified atom stereocenters. The van der Waals surface area contributed by atoms with Gasteiger partial charge in [0.2, 0.25) is 0 Å². The number of aromatic nitrogens is 6. The molecular weight excluding hydrogens is 947 g/mol. The number of aliphatic hydroxyl groups is 2. The van der Waals surface area contributed by atoms with Crippen molar-refractivity contribution in [1.29, 1.82) is 0 Å². The number of ether oxygens (including phenoxy) is 2. The number of nitrogens with one attached hydrogen (secondary N) is 4. The Balaban J connectivity index is 0.000000247. The van der Waals surface area contributed by atoms with Crippen molar-refractivity contribution in [2.75, 3.05) is 27.4 Å². The van der Waals surface area contributed by atoms with Crippen molar-refractivity contribution < 1.29 is 59.1 Å². The lowest BCUT2D eigenvalue weighted by molar-refractivity contribution is -0.152. The van der Waals surface area contributed by atoms with Gasteiger partial charge in [-0.1, -0.05) is 88.7 Å². The molecular formula is C46H54BBrN8O12. The van der Waals surface area contributed by atoms with Gasteiger partial charge in [-0.3, -0.25) is 19.2 Å². The highest BCUT2D eigenvalue weighted by Gasteiger charge is 2.37. The number of halogens is 1. The Morgan fingerprint density at radius 3 is 1.47 bits per heavy atom. The highest BCUT2D eigenvalue weighted by molar-refractivity contribution is 9.10. The second-order valence-corrected chi connectivity index (χ2v) is 17.0. The molecule has 0 aliphatic heterocycles. The molecule has 22 heteroatoms. The molecule has 2 heterocycles. The van der Waals surface area contributed by atoms with E-state index in [1.54, 1.807) is 31.4 Å². The van der Waals surface area contributed by atoms with E-state index in [1.165, 1.54) is 33.4 Å². The SMILES string of the molecule is COc1ccccc1-c1ccc(C[C@H](C[C@@](C)(CO)C(=O)O)NC(=O)c2cn[nH]n2)cc1.COc1ccccc1B(O)O.C[C@@](CO)(C[C@@H](Cc1ccc(Br)cc1)NC(=O)c1cn[nH]n1)C(=O)O. The lowest BCUT2D eigenvalue weighted by Gasteiger charge is -2.28. The Bertz CT molecular complexity index is 2520. The summed E-state index contributed by atoms with van der Waals surface area (Å²) >= 11 is 3.36. The Morgan fingerprint density at radius 1 is 0.662 bits per heavy atom. The number of aromatic amines is 2. The first kappa shape index (κ1) is 53.6. The van der Waals surface area contributed by atoms with E-state index in [0.717, 1.165) is 32.5 Å². The van der Waals surface area contributed by atoms with E-state index < -0.39 is 67.0 Å². The van der Waals surface area contributed by atoms with Gasteiger partial charge in [-0.25, -0.2) is 0 Å². The second-order valence-electron chi connectivity index (χ2n) is 16.1. The summed E-state index contributed by atoms with van der Waals surface area (Å²) in [6.07, 6.45) is 3.47. The van der Waals surface area contributed by atoms with E-state index in [4.69, 9.17) is 19.5 Å². The van der Waals surface area contributed by atoms with Crippen LogP contribution in [0.15, 0.2) is 114 Å². The van der Waals surface area contributed by atoms with Crippen LogP contribution in [0.1, 0.15) is 58.8 Å². The average Bonchev–Trinajstić information content (AvgIpc) is 4.10. The molecule has 10 N–H and O–H groups in total. The number of carbonyl (C=O) groups is 4. The number of aliphatic carboxylic acids is 2. The summed E-state index contributed by atoms with van der Waals surface area (Å²) in [6, 6.07) is 28.7. The number of carboxylic acids is 2. The van der Waals surface area contributed by atoms with Crippen molar-refractivity contribution in [3.05, 3.63) is 136 Å². The molecule has 6 rings (SSSR count). The van der Waals surface area contributed by atoms with Gasteiger partial charge in [0.05, 0.1) is 50.7 Å². The minimum absolute atomic E-state index is 0.0384. The van der Waals surface area contributed by atoms with Crippen LogP contribution in [-0.2, 0) is 22.4 Å². The molecule has 6 aromatic rings. The maximum Gasteiger partial charge on any atom is 0.492 e. The quantitative estimate of drug-likeness (QED) is 0.0492. The lowest BCUT2D eigenvalue weighted by Crippen LogP contribution is -2.44. The van der Waals surface area contributed by atoms with Crippen LogP contribution in [0, 0.1) is 10.8 Å². The minimum atomic E-state index is -1.47. The molecule has 68 heavy (non-hydrogen) atoms. The molecule has 0 saturated carbocycles. The van der Waals surface area contributed by atoms with Gasteiger partial charge in [-0.15, -0.1) is 0 Å². The summed E-state index contributed by atoms with van der Waals surface area (Å²) in [5.41, 5.74) is 1.59. The van der Waals surface area contributed by atoms with E-state index in [-0.39, 0.29) is 24.2 Å². The van der Waals surface area contributed by atoms with E-state index in [1.807, 2.05) is 72.8 Å². The van der Waals surface area contributed by atoms with Crippen LogP contribution in [0.3, 0.4) is 0 Å². The van der Waals surface area contributed by atoms with Gasteiger partial charge in [0.1, 0.15) is 11.5 Å². The third-order valence-electron chi connectivity index (χ3n) is 10.8. The van der Waals surface area contributed by atoms with Gasteiger partial charge in [-0.2, -0.15) is 30.8 Å². The third-order valence-corrected chi connectivity index (χ3v) is 11.3. The number of para-hydroxylation sites is 2. The fourth-order valence-electron chi connectivity index (χ4n) is 6.79. The number of rotatable bonds is 20. The maximum absolute atomic E-state index is 12.5. The molecule has 360 valence electrons. The normalized spacial score (nSPS) is 13.3. The molecule has 0 fully saturated rings. The van der Waals surface area contributed by atoms with Crippen LogP contribution in [-0.4, -0.2) is 132 Å². The molecule has 4 aromatic carbocycles. The van der Waals surface area contributed by atoms with E-state index >= 15 is 0 Å². The van der Waals surface area contributed by atoms with Crippen LogP contribution in [0.4, 0.5) is 0 Å². The number of hydrogen-bond acceptors (Lipinski definition) is 14. The monoisotopic (exact) mass is 1000 g/mol. The largest absolute Gasteiger partial charge is 0.497 e. The number of carboxylic acid groups (broad SMARTS) is 2. The van der Waals surface area contributed by atoms with Crippen molar-refractivity contribution >= 4 is 52.3 Å². The number of aliphatic hydroxyl groups excluding tert-OH is 2. The molecule has 0 aliphatic carbocycles. The van der Waals surface area contributed by atoms with Gasteiger partial charge < -0.3 is 50.6 Å². The van der Waals surface area contributed by atoms with Crippen LogP contribution in [0.25, 0.3) is 11.1 Å². The third kappa shape index (κ3) is 15.6. The summed E-state index contributed by atoms with van der Waals surface area (Å²) in [7, 11) is 1.64. The number of benzene rings is 4. The molecule has 0 spiro atoms. The van der Waals surface area contributed by atoms with Gasteiger partial charge in [0.15, 0.2) is 11.4 Å². The fraction of sp³-hybridized carbons (Fsp3) is 0.304. The Labute approximate surface area is 400 Å². The van der Waals surface area contributed by atoms with Crippen molar-refractivity contribution in [2.24, 2.45) is 10.8 Å². The first-order valence-electron chi connectivity index (χ1n) is 20.9. The Kier molecular flexibility index (Phi) is 20.4. The average molecular weight is 1000 g/mol. The summed E-state index contributed by atoms with van der Waals surface area (Å²) in [5.74, 6) is -1.93. The number of methoxy groups -OCH3 is 2. The molecule has 4 atom stereocenters. The maximum atomic E-state index is 12.5.